The number of nitrogens with zero attached hydrogens (tertiary/aromatic N) is 3. The lowest BCUT2D eigenvalue weighted by molar-refractivity contribution is 0.178. The van der Waals surface area contributed by atoms with Crippen LogP contribution in [0, 0.1) is 0 Å². The summed E-state index contributed by atoms with van der Waals surface area (Å²) in [6.07, 6.45) is 3.17. The van der Waals surface area contributed by atoms with E-state index in [-0.39, 0.29) is 18.1 Å². The van der Waals surface area contributed by atoms with Crippen molar-refractivity contribution < 1.29 is 9.53 Å². The number of benzene rings is 1. The molecule has 1 atom stereocenters. The maximum Gasteiger partial charge on any atom is 0.318 e. The van der Waals surface area contributed by atoms with Crippen LogP contribution in [0.4, 0.5) is 4.79 Å². The molecule has 2 amide bonds. The number of carbonyl (C=O) groups is 1. The zero-order valence-corrected chi connectivity index (χ0v) is 19.9. The zero-order valence-electron chi connectivity index (χ0n) is 19.1. The van der Waals surface area contributed by atoms with E-state index < -0.39 is 0 Å². The maximum absolute atomic E-state index is 13.5. The number of hydrogen-bond acceptors (Lipinski definition) is 4. The SMILES string of the molecule is COc1ccc([C@H]2c3cccn3-c3sc4c(c3CN2C(=O)NC(C)C)CCN(C)C4)cc1. The van der Waals surface area contributed by atoms with Crippen LogP contribution in [0.25, 0.3) is 5.00 Å². The molecule has 168 valence electrons. The molecule has 5 rings (SSSR count). The second-order valence-electron chi connectivity index (χ2n) is 8.99. The summed E-state index contributed by atoms with van der Waals surface area (Å²) in [5.74, 6) is 0.813. The Labute approximate surface area is 193 Å². The second-order valence-corrected chi connectivity index (χ2v) is 10.1. The predicted octanol–water partition coefficient (Wildman–Crippen LogP) is 4.56. The molecule has 0 saturated heterocycles. The van der Waals surface area contributed by atoms with Gasteiger partial charge in [0.2, 0.25) is 0 Å². The van der Waals surface area contributed by atoms with Gasteiger partial charge in [-0.15, -0.1) is 11.3 Å². The summed E-state index contributed by atoms with van der Waals surface area (Å²) in [6.45, 7) is 6.64. The van der Waals surface area contributed by atoms with Gasteiger partial charge in [0.15, 0.2) is 0 Å². The van der Waals surface area contributed by atoms with Crippen molar-refractivity contribution >= 4 is 17.4 Å². The lowest BCUT2D eigenvalue weighted by Crippen LogP contribution is -2.44. The first-order valence-corrected chi connectivity index (χ1v) is 12.0. The number of carbonyl (C=O) groups excluding carboxylic acids is 1. The van der Waals surface area contributed by atoms with E-state index in [9.17, 15) is 4.79 Å². The molecule has 0 unspecified atom stereocenters. The van der Waals surface area contributed by atoms with Crippen LogP contribution in [0.1, 0.15) is 47.2 Å². The fourth-order valence-corrected chi connectivity index (χ4v) is 6.26. The van der Waals surface area contributed by atoms with Crippen molar-refractivity contribution in [3.8, 4) is 10.8 Å². The first kappa shape index (κ1) is 21.1. The molecule has 0 saturated carbocycles. The lowest BCUT2D eigenvalue weighted by Gasteiger charge is -2.32. The van der Waals surface area contributed by atoms with Crippen LogP contribution in [0.5, 0.6) is 5.75 Å². The monoisotopic (exact) mass is 450 g/mol. The van der Waals surface area contributed by atoms with Gasteiger partial charge in [-0.05, 0) is 62.7 Å². The predicted molar refractivity (Wildman–Crippen MR) is 128 cm³/mol. The standard InChI is InChI=1S/C25H30N4O2S/c1-16(2)26-25(30)29-14-20-19-11-13-27(3)15-22(19)32-24(20)28-12-5-6-21(28)23(29)17-7-9-18(31-4)10-8-17/h5-10,12,16,23H,11,13-15H2,1-4H3,(H,26,30)/t23-/m0/s1. The van der Waals surface area contributed by atoms with Gasteiger partial charge in [0.1, 0.15) is 10.8 Å². The molecule has 7 heteroatoms. The van der Waals surface area contributed by atoms with Crippen LogP contribution in [0.3, 0.4) is 0 Å². The number of amides is 2. The Hall–Kier alpha value is -2.77. The minimum absolute atomic E-state index is 0.0331. The van der Waals surface area contributed by atoms with Crippen LogP contribution < -0.4 is 10.1 Å². The second kappa shape index (κ2) is 8.30. The highest BCUT2D eigenvalue weighted by Gasteiger charge is 2.36. The molecule has 6 nitrogen and oxygen atoms in total. The van der Waals surface area contributed by atoms with Gasteiger partial charge in [-0.2, -0.15) is 0 Å². The highest BCUT2D eigenvalue weighted by atomic mass is 32.1. The fourth-order valence-electron chi connectivity index (χ4n) is 4.82. The van der Waals surface area contributed by atoms with E-state index in [1.807, 2.05) is 42.2 Å². The van der Waals surface area contributed by atoms with Crippen LogP contribution in [0.15, 0.2) is 42.6 Å². The number of hydrogen-bond donors (Lipinski definition) is 1. The number of thiophene rings is 1. The average Bonchev–Trinajstić information content (AvgIpc) is 3.35. The molecule has 2 aromatic heterocycles. The zero-order chi connectivity index (χ0) is 22.4. The highest BCUT2D eigenvalue weighted by Crippen LogP contribution is 2.43. The van der Waals surface area contributed by atoms with Gasteiger partial charge in [-0.3, -0.25) is 0 Å². The van der Waals surface area contributed by atoms with E-state index in [0.29, 0.717) is 6.54 Å². The number of fused-ring (bicyclic) bond motifs is 5. The molecule has 0 aliphatic carbocycles. The number of methoxy groups -OCH3 is 1. The molecular formula is C25H30N4O2S. The topological polar surface area (TPSA) is 49.7 Å². The molecule has 0 spiro atoms. The van der Waals surface area contributed by atoms with Crippen molar-refractivity contribution in [2.24, 2.45) is 0 Å². The minimum atomic E-state index is -0.184. The summed E-state index contributed by atoms with van der Waals surface area (Å²) in [5, 5.41) is 4.40. The summed E-state index contributed by atoms with van der Waals surface area (Å²) < 4.78 is 7.67. The molecule has 0 radical (unpaired) electrons. The lowest BCUT2D eigenvalue weighted by atomic mass is 10.00. The van der Waals surface area contributed by atoms with E-state index in [1.165, 1.54) is 21.0 Å². The van der Waals surface area contributed by atoms with Crippen LogP contribution >= 0.6 is 11.3 Å². The van der Waals surface area contributed by atoms with E-state index in [4.69, 9.17) is 4.74 Å². The van der Waals surface area contributed by atoms with Gasteiger partial charge in [-0.1, -0.05) is 12.1 Å². The Balaban J connectivity index is 1.67. The first-order valence-electron chi connectivity index (χ1n) is 11.2. The Kier molecular flexibility index (Phi) is 5.47. The molecule has 0 bridgehead atoms. The van der Waals surface area contributed by atoms with Crippen molar-refractivity contribution in [1.29, 1.82) is 0 Å². The molecule has 32 heavy (non-hydrogen) atoms. The van der Waals surface area contributed by atoms with Crippen LogP contribution in [-0.2, 0) is 19.5 Å². The number of urea groups is 1. The smallest absolute Gasteiger partial charge is 0.318 e. The number of rotatable bonds is 3. The molecule has 3 aromatic rings. The van der Waals surface area contributed by atoms with Gasteiger partial charge in [-0.25, -0.2) is 4.79 Å². The molecular weight excluding hydrogens is 420 g/mol. The number of likely N-dealkylation sites (N-methyl/N-ethyl adjacent to an activating group) is 1. The third-order valence-corrected chi connectivity index (χ3v) is 7.62. The summed E-state index contributed by atoms with van der Waals surface area (Å²) in [7, 11) is 3.85. The Morgan fingerprint density at radius 3 is 2.66 bits per heavy atom. The highest BCUT2D eigenvalue weighted by molar-refractivity contribution is 7.15. The van der Waals surface area contributed by atoms with Crippen molar-refractivity contribution in [3.05, 3.63) is 69.9 Å². The molecule has 0 fully saturated rings. The van der Waals surface area contributed by atoms with Gasteiger partial charge in [0, 0.05) is 35.8 Å². The fraction of sp³-hybridized carbons (Fsp3) is 0.400. The van der Waals surface area contributed by atoms with Gasteiger partial charge in [0.25, 0.3) is 0 Å². The van der Waals surface area contributed by atoms with Gasteiger partial charge < -0.3 is 24.4 Å². The summed E-state index contributed by atoms with van der Waals surface area (Å²) in [4.78, 5) is 19.3. The van der Waals surface area contributed by atoms with Gasteiger partial charge in [0.05, 0.1) is 25.4 Å². The van der Waals surface area contributed by atoms with E-state index in [1.54, 1.807) is 7.11 Å². The van der Waals surface area contributed by atoms with Crippen LogP contribution in [0.2, 0.25) is 0 Å². The van der Waals surface area contributed by atoms with Gasteiger partial charge >= 0.3 is 6.03 Å². The maximum atomic E-state index is 13.5. The molecule has 1 aromatic carbocycles. The minimum Gasteiger partial charge on any atom is -0.497 e. The van der Waals surface area contributed by atoms with E-state index >= 15 is 0 Å². The number of aromatic nitrogens is 1. The van der Waals surface area contributed by atoms with Crippen molar-refractivity contribution in [1.82, 2.24) is 19.7 Å². The Morgan fingerprint density at radius 1 is 1.16 bits per heavy atom. The molecule has 4 heterocycles. The first-order chi connectivity index (χ1) is 15.5. The third-order valence-electron chi connectivity index (χ3n) is 6.36. The molecule has 2 aliphatic heterocycles. The Morgan fingerprint density at radius 2 is 1.94 bits per heavy atom. The quantitative estimate of drug-likeness (QED) is 0.637. The Bertz CT molecular complexity index is 1130. The van der Waals surface area contributed by atoms with Crippen molar-refractivity contribution in [3.63, 3.8) is 0 Å². The molecule has 2 aliphatic rings. The van der Waals surface area contributed by atoms with E-state index in [0.717, 1.165) is 36.5 Å². The number of ether oxygens (including phenoxy) is 1. The molecule has 1 N–H and O–H groups in total. The summed E-state index contributed by atoms with van der Waals surface area (Å²) in [5.41, 5.74) is 4.92. The summed E-state index contributed by atoms with van der Waals surface area (Å²) in [6, 6.07) is 12.2. The summed E-state index contributed by atoms with van der Waals surface area (Å²) >= 11 is 1.88. The van der Waals surface area contributed by atoms with E-state index in [2.05, 4.69) is 52.3 Å². The average molecular weight is 451 g/mol. The normalized spacial score (nSPS) is 18.0. The van der Waals surface area contributed by atoms with Crippen LogP contribution in [-0.4, -0.2) is 47.1 Å². The third kappa shape index (κ3) is 3.59. The van der Waals surface area contributed by atoms with Crippen molar-refractivity contribution in [2.45, 2.75) is 45.4 Å². The number of nitrogens with one attached hydrogen (secondary N) is 1. The van der Waals surface area contributed by atoms with Crippen molar-refractivity contribution in [2.75, 3.05) is 20.7 Å². The largest absolute Gasteiger partial charge is 0.497 e.